The van der Waals surface area contributed by atoms with Gasteiger partial charge in [-0.05, 0) is 54.9 Å². The number of halogens is 4. The summed E-state index contributed by atoms with van der Waals surface area (Å²) >= 11 is 0. The van der Waals surface area contributed by atoms with Gasteiger partial charge >= 0.3 is 6.18 Å². The average molecular weight is 449 g/mol. The molecule has 2 N–H and O–H groups in total. The molecule has 7 nitrogen and oxygen atoms in total. The number of alkyl halides is 3. The van der Waals surface area contributed by atoms with Crippen LogP contribution in [0.5, 0.6) is 5.75 Å². The number of ether oxygens (including phenoxy) is 1. The molecule has 0 saturated heterocycles. The lowest BCUT2D eigenvalue weighted by Gasteiger charge is -2.20. The first kappa shape index (κ1) is 20.7. The van der Waals surface area contributed by atoms with Gasteiger partial charge in [-0.15, -0.1) is 10.2 Å². The number of aromatic amines is 1. The molecule has 11 heteroatoms. The molecule has 0 bridgehead atoms. The fourth-order valence-corrected chi connectivity index (χ4v) is 4.91. The zero-order valence-corrected chi connectivity index (χ0v) is 16.9. The Bertz CT molecular complexity index is 1170. The molecule has 2 heterocycles. The fraction of sp³-hybridized carbons (Fsp3) is 0.429. The SMILES string of the molecule is CC(C(=O)Nc1nnc(C(F)(F)F)[nH]1)[C@@H]1[C@@H]2C[C@@H](Oc3ccnc4ccc(F)cc34)C[C@@H]21. The first-order chi connectivity index (χ1) is 15.2. The monoisotopic (exact) mass is 449 g/mol. The molecule has 3 aromatic rings. The topological polar surface area (TPSA) is 92.8 Å². The molecule has 2 saturated carbocycles. The Morgan fingerprint density at radius 1 is 1.22 bits per heavy atom. The third-order valence-corrected chi connectivity index (χ3v) is 6.41. The number of fused-ring (bicyclic) bond motifs is 2. The zero-order valence-electron chi connectivity index (χ0n) is 16.9. The van der Waals surface area contributed by atoms with Gasteiger partial charge in [-0.1, -0.05) is 6.92 Å². The maximum Gasteiger partial charge on any atom is 0.451 e. The van der Waals surface area contributed by atoms with Crippen molar-refractivity contribution in [2.75, 3.05) is 5.32 Å². The van der Waals surface area contributed by atoms with Crippen molar-refractivity contribution in [3.63, 3.8) is 0 Å². The van der Waals surface area contributed by atoms with Gasteiger partial charge in [0.2, 0.25) is 17.7 Å². The predicted molar refractivity (Wildman–Crippen MR) is 105 cm³/mol. The largest absolute Gasteiger partial charge is 0.490 e. The molecule has 5 rings (SSSR count). The highest BCUT2D eigenvalue weighted by Gasteiger charge is 2.59. The van der Waals surface area contributed by atoms with E-state index in [1.165, 1.54) is 12.1 Å². The van der Waals surface area contributed by atoms with Crippen molar-refractivity contribution in [2.45, 2.75) is 32.0 Å². The molecule has 2 aliphatic rings. The number of H-pyrrole nitrogens is 1. The molecule has 2 fully saturated rings. The summed E-state index contributed by atoms with van der Waals surface area (Å²) in [7, 11) is 0. The molecule has 32 heavy (non-hydrogen) atoms. The second-order valence-corrected chi connectivity index (χ2v) is 8.38. The minimum absolute atomic E-state index is 0.0472. The highest BCUT2D eigenvalue weighted by molar-refractivity contribution is 5.91. The van der Waals surface area contributed by atoms with Crippen LogP contribution < -0.4 is 10.1 Å². The van der Waals surface area contributed by atoms with Crippen LogP contribution in [0.3, 0.4) is 0 Å². The Hall–Kier alpha value is -3.24. The number of nitrogens with zero attached hydrogens (tertiary/aromatic N) is 3. The first-order valence-electron chi connectivity index (χ1n) is 10.2. The molecule has 2 aromatic heterocycles. The normalized spacial score (nSPS) is 25.4. The second kappa shape index (κ2) is 7.42. The summed E-state index contributed by atoms with van der Waals surface area (Å²) in [6.07, 6.45) is -1.57. The minimum Gasteiger partial charge on any atom is -0.490 e. The Morgan fingerprint density at radius 2 is 1.97 bits per heavy atom. The van der Waals surface area contributed by atoms with Gasteiger partial charge < -0.3 is 9.72 Å². The number of benzene rings is 1. The molecular formula is C21H19F4N5O2. The van der Waals surface area contributed by atoms with Crippen molar-refractivity contribution in [1.82, 2.24) is 20.2 Å². The van der Waals surface area contributed by atoms with Crippen LogP contribution >= 0.6 is 0 Å². The summed E-state index contributed by atoms with van der Waals surface area (Å²) in [4.78, 5) is 18.7. The van der Waals surface area contributed by atoms with E-state index in [0.29, 0.717) is 28.5 Å². The molecule has 1 amide bonds. The molecule has 1 unspecified atom stereocenters. The first-order valence-corrected chi connectivity index (χ1v) is 10.2. The standard InChI is InChI=1S/C21H19F4N5O2/c1-9(18(31)27-20-28-19(29-30-20)21(23,24)25)17-12-7-11(8-13(12)17)32-16-4-5-26-15-3-2-10(22)6-14(15)16/h2-6,9,11-13,17H,7-8H2,1H3,(H2,27,28,29,30,31)/t9?,11-,12-,13+,17-. The van der Waals surface area contributed by atoms with Crippen LogP contribution in [-0.4, -0.2) is 32.2 Å². The van der Waals surface area contributed by atoms with Gasteiger partial charge in [0.25, 0.3) is 0 Å². The fourth-order valence-electron chi connectivity index (χ4n) is 4.91. The van der Waals surface area contributed by atoms with Gasteiger partial charge in [-0.3, -0.25) is 15.1 Å². The van der Waals surface area contributed by atoms with Gasteiger partial charge in [0, 0.05) is 17.5 Å². The van der Waals surface area contributed by atoms with E-state index >= 15 is 0 Å². The molecule has 2 aliphatic carbocycles. The number of nitrogens with one attached hydrogen (secondary N) is 2. The van der Waals surface area contributed by atoms with E-state index in [9.17, 15) is 22.4 Å². The Labute approximate surface area is 179 Å². The molecule has 0 radical (unpaired) electrons. The number of aromatic nitrogens is 4. The van der Waals surface area contributed by atoms with Gasteiger partial charge in [0.15, 0.2) is 0 Å². The number of anilines is 1. The van der Waals surface area contributed by atoms with E-state index in [2.05, 4.69) is 20.5 Å². The maximum absolute atomic E-state index is 13.6. The van der Waals surface area contributed by atoms with Crippen LogP contribution in [0.2, 0.25) is 0 Å². The molecular weight excluding hydrogens is 430 g/mol. The van der Waals surface area contributed by atoms with Crippen molar-refractivity contribution in [2.24, 2.45) is 23.7 Å². The van der Waals surface area contributed by atoms with Crippen LogP contribution in [0.4, 0.5) is 23.5 Å². The maximum atomic E-state index is 13.6. The van der Waals surface area contributed by atoms with E-state index in [1.54, 1.807) is 25.3 Å². The number of carbonyl (C=O) groups excluding carboxylic acids is 1. The van der Waals surface area contributed by atoms with Crippen molar-refractivity contribution < 1.29 is 27.1 Å². The second-order valence-electron chi connectivity index (χ2n) is 8.38. The highest BCUT2D eigenvalue weighted by Crippen LogP contribution is 2.61. The molecule has 168 valence electrons. The van der Waals surface area contributed by atoms with Crippen molar-refractivity contribution in [3.05, 3.63) is 42.1 Å². The van der Waals surface area contributed by atoms with Gasteiger partial charge in [-0.25, -0.2) is 4.39 Å². The van der Waals surface area contributed by atoms with Crippen molar-refractivity contribution in [3.8, 4) is 5.75 Å². The third kappa shape index (κ3) is 3.76. The van der Waals surface area contributed by atoms with Crippen LogP contribution in [0.25, 0.3) is 10.9 Å². The molecule has 0 spiro atoms. The summed E-state index contributed by atoms with van der Waals surface area (Å²) in [6.45, 7) is 1.76. The van der Waals surface area contributed by atoms with Gasteiger partial charge in [0.05, 0.1) is 11.6 Å². The summed E-state index contributed by atoms with van der Waals surface area (Å²) in [5.41, 5.74) is 0.649. The summed E-state index contributed by atoms with van der Waals surface area (Å²) in [5, 5.41) is 9.34. The lowest BCUT2D eigenvalue weighted by molar-refractivity contribution is -0.144. The van der Waals surface area contributed by atoms with Gasteiger partial charge in [-0.2, -0.15) is 13.2 Å². The quantitative estimate of drug-likeness (QED) is 0.570. The van der Waals surface area contributed by atoms with Crippen LogP contribution in [-0.2, 0) is 11.0 Å². The zero-order chi connectivity index (χ0) is 22.6. The van der Waals surface area contributed by atoms with E-state index in [0.717, 1.165) is 12.8 Å². The number of pyridine rings is 1. The van der Waals surface area contributed by atoms with Crippen LogP contribution in [0, 0.1) is 29.5 Å². The molecule has 1 aromatic carbocycles. The average Bonchev–Trinajstić information content (AvgIpc) is 3.08. The number of amides is 1. The van der Waals surface area contributed by atoms with E-state index in [-0.39, 0.29) is 29.7 Å². The summed E-state index contributed by atoms with van der Waals surface area (Å²) in [6, 6.07) is 6.07. The lowest BCUT2D eigenvalue weighted by Crippen LogP contribution is -2.26. The van der Waals surface area contributed by atoms with Gasteiger partial charge in [0.1, 0.15) is 11.6 Å². The Morgan fingerprint density at radius 3 is 2.66 bits per heavy atom. The smallest absolute Gasteiger partial charge is 0.451 e. The van der Waals surface area contributed by atoms with E-state index in [1.807, 2.05) is 4.98 Å². The van der Waals surface area contributed by atoms with E-state index in [4.69, 9.17) is 4.74 Å². The van der Waals surface area contributed by atoms with Crippen LogP contribution in [0.15, 0.2) is 30.5 Å². The number of rotatable bonds is 5. The summed E-state index contributed by atoms with van der Waals surface area (Å²) in [5.74, 6) is -1.43. The summed E-state index contributed by atoms with van der Waals surface area (Å²) < 4.78 is 57.6. The Balaban J connectivity index is 1.18. The van der Waals surface area contributed by atoms with Crippen LogP contribution in [0.1, 0.15) is 25.6 Å². The van der Waals surface area contributed by atoms with E-state index < -0.39 is 17.9 Å². The number of hydrogen-bond donors (Lipinski definition) is 2. The number of carbonyl (C=O) groups is 1. The molecule has 0 aliphatic heterocycles. The highest BCUT2D eigenvalue weighted by atomic mass is 19.4. The molecule has 5 atom stereocenters. The third-order valence-electron chi connectivity index (χ3n) is 6.41. The lowest BCUT2D eigenvalue weighted by atomic mass is 9.97. The van der Waals surface area contributed by atoms with Crippen molar-refractivity contribution >= 4 is 22.8 Å². The minimum atomic E-state index is -4.66. The number of hydrogen-bond acceptors (Lipinski definition) is 5. The van der Waals surface area contributed by atoms with Crippen molar-refractivity contribution in [1.29, 1.82) is 0 Å². The Kier molecular flexibility index (Phi) is 4.79. The predicted octanol–water partition coefficient (Wildman–Crippen LogP) is 4.19.